The first-order valence-corrected chi connectivity index (χ1v) is 9.46. The minimum atomic E-state index is -0.705. The summed E-state index contributed by atoms with van der Waals surface area (Å²) in [5, 5.41) is 19.5. The highest BCUT2D eigenvalue weighted by Gasteiger charge is 2.22. The molecule has 0 bridgehead atoms. The minimum Gasteiger partial charge on any atom is -0.493 e. The maximum Gasteiger partial charge on any atom is 0.161 e. The largest absolute Gasteiger partial charge is 0.493 e. The van der Waals surface area contributed by atoms with Crippen LogP contribution in [-0.4, -0.2) is 64.1 Å². The first kappa shape index (κ1) is 23.8. The van der Waals surface area contributed by atoms with Gasteiger partial charge in [-0.15, -0.1) is 0 Å². The van der Waals surface area contributed by atoms with Crippen LogP contribution in [0.25, 0.3) is 0 Å². The van der Waals surface area contributed by atoms with E-state index in [1.165, 1.54) is 0 Å². The van der Waals surface area contributed by atoms with Crippen LogP contribution in [0.1, 0.15) is 11.1 Å². The van der Waals surface area contributed by atoms with Gasteiger partial charge < -0.3 is 38.6 Å². The molecule has 2 atom stereocenters. The van der Waals surface area contributed by atoms with E-state index < -0.39 is 12.2 Å². The van der Waals surface area contributed by atoms with Crippen LogP contribution in [0.5, 0.6) is 23.0 Å². The predicted molar refractivity (Wildman–Crippen MR) is 110 cm³/mol. The molecule has 2 aromatic rings. The van der Waals surface area contributed by atoms with Crippen molar-refractivity contribution >= 4 is 0 Å². The van der Waals surface area contributed by atoms with E-state index in [0.29, 0.717) is 23.0 Å². The van der Waals surface area contributed by atoms with Gasteiger partial charge in [0.25, 0.3) is 0 Å². The summed E-state index contributed by atoms with van der Waals surface area (Å²) < 4.78 is 32.6. The summed E-state index contributed by atoms with van der Waals surface area (Å²) in [6.07, 6.45) is -1.41. The Hall–Kier alpha value is -2.52. The molecule has 0 aromatic heterocycles. The molecule has 0 amide bonds. The second kappa shape index (κ2) is 12.2. The van der Waals surface area contributed by atoms with Crippen molar-refractivity contribution in [1.29, 1.82) is 0 Å². The summed E-state index contributed by atoms with van der Waals surface area (Å²) in [7, 11) is 6.25. The van der Waals surface area contributed by atoms with Gasteiger partial charge in [-0.2, -0.15) is 0 Å². The zero-order chi connectivity index (χ0) is 21.9. The molecule has 0 heterocycles. The molecule has 8 heteroatoms. The van der Waals surface area contributed by atoms with E-state index in [9.17, 15) is 10.2 Å². The lowest BCUT2D eigenvalue weighted by Crippen LogP contribution is -2.37. The van der Waals surface area contributed by atoms with E-state index >= 15 is 0 Å². The molecule has 0 saturated heterocycles. The molecular formula is C22H30O8. The molecule has 0 aliphatic carbocycles. The quantitative estimate of drug-likeness (QED) is 0.507. The Morgan fingerprint density at radius 1 is 0.600 bits per heavy atom. The minimum absolute atomic E-state index is 0.210. The van der Waals surface area contributed by atoms with Crippen LogP contribution in [-0.2, 0) is 22.7 Å². The molecule has 0 aliphatic heterocycles. The van der Waals surface area contributed by atoms with Crippen LogP contribution in [0.3, 0.4) is 0 Å². The number of methoxy groups -OCH3 is 4. The molecule has 2 aromatic carbocycles. The molecule has 0 unspecified atom stereocenters. The smallest absolute Gasteiger partial charge is 0.161 e. The second-order valence-corrected chi connectivity index (χ2v) is 6.44. The maximum absolute atomic E-state index is 9.74. The fraction of sp³-hybridized carbons (Fsp3) is 0.455. The molecular weight excluding hydrogens is 392 g/mol. The lowest BCUT2D eigenvalue weighted by atomic mass is 10.2. The van der Waals surface area contributed by atoms with Crippen molar-refractivity contribution in [1.82, 2.24) is 0 Å². The molecule has 166 valence electrons. The average molecular weight is 422 g/mol. The summed E-state index contributed by atoms with van der Waals surface area (Å²) in [5.41, 5.74) is 1.67. The van der Waals surface area contributed by atoms with Crippen molar-refractivity contribution in [2.24, 2.45) is 0 Å². The zero-order valence-corrected chi connectivity index (χ0v) is 17.8. The molecule has 8 nitrogen and oxygen atoms in total. The van der Waals surface area contributed by atoms with Gasteiger partial charge in [0.15, 0.2) is 23.0 Å². The lowest BCUT2D eigenvalue weighted by Gasteiger charge is -2.25. The van der Waals surface area contributed by atoms with Gasteiger partial charge in [-0.05, 0) is 35.4 Å². The van der Waals surface area contributed by atoms with Crippen LogP contribution in [0.2, 0.25) is 0 Å². The van der Waals surface area contributed by atoms with E-state index in [1.807, 2.05) is 12.1 Å². The Bertz CT molecular complexity index is 714. The summed E-state index contributed by atoms with van der Waals surface area (Å²) in [6.45, 7) is -0.182. The predicted octanol–water partition coefficient (Wildman–Crippen LogP) is 2.18. The molecule has 2 rings (SSSR count). The summed E-state index contributed by atoms with van der Waals surface area (Å²) in [5.74, 6) is 2.41. The van der Waals surface area contributed by atoms with E-state index in [2.05, 4.69) is 0 Å². The first-order valence-electron chi connectivity index (χ1n) is 9.46. The highest BCUT2D eigenvalue weighted by molar-refractivity contribution is 5.43. The fourth-order valence-corrected chi connectivity index (χ4v) is 2.90. The first-order chi connectivity index (χ1) is 14.6. The van der Waals surface area contributed by atoms with Crippen molar-refractivity contribution in [3.63, 3.8) is 0 Å². The number of hydrogen-bond acceptors (Lipinski definition) is 8. The molecule has 30 heavy (non-hydrogen) atoms. The molecule has 0 spiro atoms. The van der Waals surface area contributed by atoms with E-state index in [-0.39, 0.29) is 26.4 Å². The Morgan fingerprint density at radius 2 is 0.967 bits per heavy atom. The summed E-state index contributed by atoms with van der Waals surface area (Å²) in [6, 6.07) is 10.8. The van der Waals surface area contributed by atoms with Crippen molar-refractivity contribution in [2.45, 2.75) is 25.4 Å². The monoisotopic (exact) mass is 422 g/mol. The number of aliphatic hydroxyl groups excluding tert-OH is 2. The van der Waals surface area contributed by atoms with Gasteiger partial charge in [0.05, 0.1) is 54.9 Å². The second-order valence-electron chi connectivity index (χ2n) is 6.44. The van der Waals surface area contributed by atoms with Gasteiger partial charge >= 0.3 is 0 Å². The molecule has 0 radical (unpaired) electrons. The SMILES string of the molecule is COc1ccc(CO[C@H](CO)[C@@H](CO)OCc2ccc(OC)c(OC)c2)cc1OC. The third-order valence-electron chi connectivity index (χ3n) is 4.60. The van der Waals surface area contributed by atoms with Crippen LogP contribution in [0, 0.1) is 0 Å². The van der Waals surface area contributed by atoms with Gasteiger partial charge in [-0.1, -0.05) is 12.1 Å². The zero-order valence-electron chi connectivity index (χ0n) is 17.8. The van der Waals surface area contributed by atoms with Gasteiger partial charge in [0.1, 0.15) is 12.2 Å². The highest BCUT2D eigenvalue weighted by atomic mass is 16.6. The van der Waals surface area contributed by atoms with Crippen molar-refractivity contribution in [2.75, 3.05) is 41.7 Å². The van der Waals surface area contributed by atoms with E-state index in [0.717, 1.165) is 11.1 Å². The van der Waals surface area contributed by atoms with E-state index in [4.69, 9.17) is 28.4 Å². The number of rotatable bonds is 13. The van der Waals surface area contributed by atoms with Gasteiger partial charge in [-0.3, -0.25) is 0 Å². The Labute approximate surface area is 176 Å². The topological polar surface area (TPSA) is 95.8 Å². The number of hydrogen-bond donors (Lipinski definition) is 2. The standard InChI is InChI=1S/C22H30O8/c1-25-17-7-5-15(9-19(17)27-3)13-29-21(11-23)22(12-24)30-14-16-6-8-18(26-2)20(10-16)28-4/h5-10,21-24H,11-14H2,1-4H3/t21-,22-/m1/s1. The molecule has 0 saturated carbocycles. The Morgan fingerprint density at radius 3 is 1.27 bits per heavy atom. The molecule has 0 fully saturated rings. The molecule has 0 aliphatic rings. The van der Waals surface area contributed by atoms with Crippen LogP contribution in [0.15, 0.2) is 36.4 Å². The molecule has 2 N–H and O–H groups in total. The Balaban J connectivity index is 1.98. The van der Waals surface area contributed by atoms with Crippen molar-refractivity contribution < 1.29 is 38.6 Å². The van der Waals surface area contributed by atoms with Crippen LogP contribution < -0.4 is 18.9 Å². The highest BCUT2D eigenvalue weighted by Crippen LogP contribution is 2.29. The van der Waals surface area contributed by atoms with E-state index in [1.54, 1.807) is 52.7 Å². The number of benzene rings is 2. The van der Waals surface area contributed by atoms with Gasteiger partial charge in [0, 0.05) is 0 Å². The third kappa shape index (κ3) is 6.24. The lowest BCUT2D eigenvalue weighted by molar-refractivity contribution is -0.119. The summed E-state index contributed by atoms with van der Waals surface area (Å²) >= 11 is 0. The van der Waals surface area contributed by atoms with Crippen molar-refractivity contribution in [3.8, 4) is 23.0 Å². The van der Waals surface area contributed by atoms with Crippen molar-refractivity contribution in [3.05, 3.63) is 47.5 Å². The van der Waals surface area contributed by atoms with Gasteiger partial charge in [0.2, 0.25) is 0 Å². The average Bonchev–Trinajstić information content (AvgIpc) is 2.80. The normalized spacial score (nSPS) is 12.9. The number of ether oxygens (including phenoxy) is 6. The number of aliphatic hydroxyl groups is 2. The van der Waals surface area contributed by atoms with Crippen LogP contribution in [0.4, 0.5) is 0 Å². The summed E-state index contributed by atoms with van der Waals surface area (Å²) in [4.78, 5) is 0. The third-order valence-corrected chi connectivity index (χ3v) is 4.60. The fourth-order valence-electron chi connectivity index (χ4n) is 2.90. The van der Waals surface area contributed by atoms with Crippen LogP contribution >= 0.6 is 0 Å². The van der Waals surface area contributed by atoms with Gasteiger partial charge in [-0.25, -0.2) is 0 Å². The Kier molecular flexibility index (Phi) is 9.69. The maximum atomic E-state index is 9.74.